The summed E-state index contributed by atoms with van der Waals surface area (Å²) < 4.78 is 6.51. The van der Waals surface area contributed by atoms with Crippen molar-refractivity contribution in [1.82, 2.24) is 0 Å². The minimum absolute atomic E-state index is 0.109. The zero-order valence-electron chi connectivity index (χ0n) is 22.8. The first kappa shape index (κ1) is 24.0. The summed E-state index contributed by atoms with van der Waals surface area (Å²) in [6.45, 7) is 15.3. The molecule has 3 heteroatoms. The molecule has 3 nitrogen and oxygen atoms in total. The Bertz CT molecular complexity index is 868. The smallest absolute Gasteiger partial charge is 0.138 e. The summed E-state index contributed by atoms with van der Waals surface area (Å²) in [4.78, 5) is 12.9. The molecule has 0 bridgehead atoms. The van der Waals surface area contributed by atoms with Crippen LogP contribution in [-0.4, -0.2) is 29.7 Å². The molecule has 6 aliphatic rings. The minimum Gasteiger partial charge on any atom is -0.393 e. The van der Waals surface area contributed by atoms with Gasteiger partial charge in [0, 0.05) is 11.8 Å². The van der Waals surface area contributed by atoms with E-state index in [2.05, 4.69) is 41.5 Å². The zero-order valence-corrected chi connectivity index (χ0v) is 22.8. The van der Waals surface area contributed by atoms with Gasteiger partial charge in [-0.05, 0) is 115 Å². The number of ether oxygens (including phenoxy) is 1. The molecule has 9 atom stereocenters. The van der Waals surface area contributed by atoms with Crippen molar-refractivity contribution >= 4 is 5.78 Å². The summed E-state index contributed by atoms with van der Waals surface area (Å²) in [5.41, 5.74) is 1.41. The molecule has 6 fully saturated rings. The van der Waals surface area contributed by atoms with Gasteiger partial charge in [0.25, 0.3) is 0 Å². The van der Waals surface area contributed by atoms with E-state index in [-0.39, 0.29) is 17.6 Å². The minimum atomic E-state index is -0.320. The van der Waals surface area contributed by atoms with E-state index in [1.165, 1.54) is 57.8 Å². The Kier molecular flexibility index (Phi) is 5.02. The summed E-state index contributed by atoms with van der Waals surface area (Å²) >= 11 is 0. The largest absolute Gasteiger partial charge is 0.393 e. The maximum absolute atomic E-state index is 12.9. The van der Waals surface area contributed by atoms with E-state index < -0.39 is 0 Å². The number of aliphatic hydroxyl groups excluding tert-OH is 1. The average molecular weight is 471 g/mol. The van der Waals surface area contributed by atoms with Gasteiger partial charge in [-0.25, -0.2) is 0 Å². The molecule has 0 radical (unpaired) electrons. The lowest BCUT2D eigenvalue weighted by Crippen LogP contribution is -2.57. The second-order valence-corrected chi connectivity index (χ2v) is 15.3. The standard InChI is InChI=1S/C31H50O3/c1-20(2)31(19-32)14-9-21(17-34-31)22-10-12-28(6)24-8-7-23-26(3,4)25(33)11-13-29(23)18-30(24,29)16-15-27(22,28)5/h20-24,32H,7-19H2,1-6H3. The van der Waals surface area contributed by atoms with E-state index >= 15 is 0 Å². The monoisotopic (exact) mass is 470 g/mol. The first-order chi connectivity index (χ1) is 15.9. The van der Waals surface area contributed by atoms with Crippen molar-refractivity contribution < 1.29 is 14.6 Å². The van der Waals surface area contributed by atoms with Crippen molar-refractivity contribution in [1.29, 1.82) is 0 Å². The number of Topliss-reactive ketones (excluding diaryl/α,β-unsaturated/α-hetero) is 1. The molecule has 6 rings (SSSR count). The number of carbonyl (C=O) groups excluding carboxylic acids is 1. The first-order valence-corrected chi connectivity index (χ1v) is 14.7. The number of rotatable bonds is 3. The van der Waals surface area contributed by atoms with Crippen LogP contribution in [0.3, 0.4) is 0 Å². The van der Waals surface area contributed by atoms with Crippen LogP contribution in [0.15, 0.2) is 0 Å². The highest BCUT2D eigenvalue weighted by molar-refractivity contribution is 5.86. The molecule has 1 saturated heterocycles. The van der Waals surface area contributed by atoms with Gasteiger partial charge < -0.3 is 9.84 Å². The summed E-state index contributed by atoms with van der Waals surface area (Å²) in [5.74, 6) is 3.78. The van der Waals surface area contributed by atoms with Crippen LogP contribution >= 0.6 is 0 Å². The third-order valence-corrected chi connectivity index (χ3v) is 14.3. The SMILES string of the molecule is CC(C)C1(CO)CCC(C2CCC3(C)C4CCC5C(C)(C)C(=O)CCC56CC46CCC23C)CO1. The van der Waals surface area contributed by atoms with E-state index in [0.717, 1.165) is 31.3 Å². The van der Waals surface area contributed by atoms with Gasteiger partial charge in [-0.2, -0.15) is 0 Å². The number of carbonyl (C=O) groups is 1. The molecular formula is C31H50O3. The lowest BCUT2D eigenvalue weighted by Gasteiger charge is -2.63. The number of aliphatic hydroxyl groups is 1. The second kappa shape index (κ2) is 7.12. The van der Waals surface area contributed by atoms with Crippen LogP contribution in [0.1, 0.15) is 112 Å². The predicted molar refractivity (Wildman–Crippen MR) is 135 cm³/mol. The van der Waals surface area contributed by atoms with Crippen LogP contribution in [0.25, 0.3) is 0 Å². The Morgan fingerprint density at radius 1 is 0.882 bits per heavy atom. The molecule has 2 spiro atoms. The van der Waals surface area contributed by atoms with Gasteiger partial charge in [0.1, 0.15) is 5.78 Å². The molecule has 1 N–H and O–H groups in total. The summed E-state index contributed by atoms with van der Waals surface area (Å²) in [7, 11) is 0. The van der Waals surface area contributed by atoms with Crippen molar-refractivity contribution in [2.45, 2.75) is 118 Å². The fourth-order valence-electron chi connectivity index (χ4n) is 11.9. The number of hydrogen-bond acceptors (Lipinski definition) is 3. The molecule has 192 valence electrons. The van der Waals surface area contributed by atoms with Crippen molar-refractivity contribution in [3.05, 3.63) is 0 Å². The molecule has 1 heterocycles. The Morgan fingerprint density at radius 2 is 1.59 bits per heavy atom. The molecule has 9 unspecified atom stereocenters. The molecule has 0 aromatic rings. The van der Waals surface area contributed by atoms with E-state index in [1.54, 1.807) is 0 Å². The highest BCUT2D eigenvalue weighted by atomic mass is 16.5. The molecule has 0 aromatic carbocycles. The fraction of sp³-hybridized carbons (Fsp3) is 0.968. The van der Waals surface area contributed by atoms with E-state index in [1.807, 2.05) is 0 Å². The summed E-state index contributed by atoms with van der Waals surface area (Å²) in [6.07, 6.45) is 13.8. The zero-order chi connectivity index (χ0) is 24.4. The van der Waals surface area contributed by atoms with Crippen molar-refractivity contribution in [3.8, 4) is 0 Å². The lowest BCUT2D eigenvalue weighted by molar-refractivity contribution is -0.180. The molecule has 34 heavy (non-hydrogen) atoms. The number of hydrogen-bond donors (Lipinski definition) is 1. The third kappa shape index (κ3) is 2.60. The fourth-order valence-corrected chi connectivity index (χ4v) is 11.9. The predicted octanol–water partition coefficient (Wildman–Crippen LogP) is 6.81. The molecule has 0 amide bonds. The molecule has 5 aliphatic carbocycles. The molecule has 1 aliphatic heterocycles. The summed E-state index contributed by atoms with van der Waals surface area (Å²) in [5, 5.41) is 10.1. The quantitative estimate of drug-likeness (QED) is 0.493. The number of ketones is 1. The van der Waals surface area contributed by atoms with Crippen molar-refractivity contribution in [2.75, 3.05) is 13.2 Å². The number of fused-ring (bicyclic) bond motifs is 2. The van der Waals surface area contributed by atoms with Crippen molar-refractivity contribution in [2.24, 2.45) is 56.7 Å². The third-order valence-electron chi connectivity index (χ3n) is 14.3. The first-order valence-electron chi connectivity index (χ1n) is 14.7. The summed E-state index contributed by atoms with van der Waals surface area (Å²) in [6, 6.07) is 0. The van der Waals surface area contributed by atoms with Gasteiger partial charge in [-0.1, -0.05) is 41.5 Å². The van der Waals surface area contributed by atoms with Crippen LogP contribution in [0.5, 0.6) is 0 Å². The van der Waals surface area contributed by atoms with Gasteiger partial charge in [0.2, 0.25) is 0 Å². The maximum atomic E-state index is 12.9. The topological polar surface area (TPSA) is 46.5 Å². The highest BCUT2D eigenvalue weighted by Gasteiger charge is 2.82. The van der Waals surface area contributed by atoms with Crippen LogP contribution in [0.2, 0.25) is 0 Å². The normalized spacial score (nSPS) is 55.8. The lowest BCUT2D eigenvalue weighted by atomic mass is 9.42. The van der Waals surface area contributed by atoms with Crippen LogP contribution in [0.4, 0.5) is 0 Å². The van der Waals surface area contributed by atoms with E-state index in [9.17, 15) is 9.90 Å². The van der Waals surface area contributed by atoms with E-state index in [4.69, 9.17) is 4.74 Å². The molecule has 0 aromatic heterocycles. The van der Waals surface area contributed by atoms with Gasteiger partial charge in [-0.15, -0.1) is 0 Å². The van der Waals surface area contributed by atoms with Crippen molar-refractivity contribution in [3.63, 3.8) is 0 Å². The Labute approximate surface area is 208 Å². The van der Waals surface area contributed by atoms with Crippen LogP contribution < -0.4 is 0 Å². The van der Waals surface area contributed by atoms with Gasteiger partial charge in [0.15, 0.2) is 0 Å². The Balaban J connectivity index is 1.26. The second-order valence-electron chi connectivity index (χ2n) is 15.3. The van der Waals surface area contributed by atoms with Crippen LogP contribution in [0, 0.1) is 56.7 Å². The average Bonchev–Trinajstić information content (AvgIpc) is 3.39. The highest BCUT2D eigenvalue weighted by Crippen LogP contribution is 2.88. The van der Waals surface area contributed by atoms with Gasteiger partial charge >= 0.3 is 0 Å². The van der Waals surface area contributed by atoms with Gasteiger partial charge in [0.05, 0.1) is 18.8 Å². The molecular weight excluding hydrogens is 420 g/mol. The van der Waals surface area contributed by atoms with Gasteiger partial charge in [-0.3, -0.25) is 4.79 Å². The Hall–Kier alpha value is -0.410. The Morgan fingerprint density at radius 3 is 2.24 bits per heavy atom. The van der Waals surface area contributed by atoms with Crippen LogP contribution in [-0.2, 0) is 9.53 Å². The van der Waals surface area contributed by atoms with E-state index in [0.29, 0.717) is 45.2 Å². The maximum Gasteiger partial charge on any atom is 0.138 e. The molecule has 5 saturated carbocycles.